The second kappa shape index (κ2) is 5.15. The first-order valence-corrected chi connectivity index (χ1v) is 6.37. The molecule has 0 amide bonds. The van der Waals surface area contributed by atoms with E-state index >= 15 is 0 Å². The van der Waals surface area contributed by atoms with E-state index in [0.717, 1.165) is 17.7 Å². The predicted molar refractivity (Wildman–Crippen MR) is 69.3 cm³/mol. The van der Waals surface area contributed by atoms with Gasteiger partial charge in [0.1, 0.15) is 13.2 Å². The van der Waals surface area contributed by atoms with Gasteiger partial charge in [0.25, 0.3) is 0 Å². The predicted octanol–water partition coefficient (Wildman–Crippen LogP) is 2.74. The molecule has 0 saturated carbocycles. The summed E-state index contributed by atoms with van der Waals surface area (Å²) in [7, 11) is 0. The Kier molecular flexibility index (Phi) is 3.79. The van der Waals surface area contributed by atoms with Crippen molar-refractivity contribution in [1.29, 1.82) is 0 Å². The van der Waals surface area contributed by atoms with E-state index in [1.807, 2.05) is 6.07 Å². The maximum Gasteiger partial charge on any atom is 0.180 e. The summed E-state index contributed by atoms with van der Waals surface area (Å²) in [5.41, 5.74) is 8.03. The molecule has 0 saturated heterocycles. The Morgan fingerprint density at radius 3 is 2.76 bits per heavy atom. The number of nitrogens with two attached hydrogens (primary N) is 1. The van der Waals surface area contributed by atoms with E-state index in [1.165, 1.54) is 5.56 Å². The molecule has 0 aromatic heterocycles. The zero-order valence-corrected chi connectivity index (χ0v) is 11.0. The molecule has 1 aromatic carbocycles. The SMILES string of the molecule is CCc1c(C(C)CN)cc2c(c1Cl)OCCO2. The summed E-state index contributed by atoms with van der Waals surface area (Å²) >= 11 is 6.39. The monoisotopic (exact) mass is 255 g/mol. The quantitative estimate of drug-likeness (QED) is 0.903. The Morgan fingerprint density at radius 2 is 2.12 bits per heavy atom. The molecule has 1 atom stereocenters. The third-order valence-electron chi connectivity index (χ3n) is 3.15. The second-order valence-corrected chi connectivity index (χ2v) is 4.65. The topological polar surface area (TPSA) is 44.5 Å². The molecule has 1 heterocycles. The number of hydrogen-bond acceptors (Lipinski definition) is 3. The van der Waals surface area contributed by atoms with E-state index in [0.29, 0.717) is 30.5 Å². The molecule has 94 valence electrons. The Bertz CT molecular complexity index is 420. The van der Waals surface area contributed by atoms with Crippen LogP contribution in [-0.2, 0) is 6.42 Å². The summed E-state index contributed by atoms with van der Waals surface area (Å²) in [5, 5.41) is 0.681. The molecule has 17 heavy (non-hydrogen) atoms. The van der Waals surface area contributed by atoms with Gasteiger partial charge in [-0.2, -0.15) is 0 Å². The molecule has 0 bridgehead atoms. The average Bonchev–Trinajstić information content (AvgIpc) is 2.37. The lowest BCUT2D eigenvalue weighted by Gasteiger charge is -2.24. The zero-order valence-electron chi connectivity index (χ0n) is 10.3. The minimum Gasteiger partial charge on any atom is -0.486 e. The van der Waals surface area contributed by atoms with Crippen molar-refractivity contribution in [3.63, 3.8) is 0 Å². The largest absolute Gasteiger partial charge is 0.486 e. The molecule has 4 heteroatoms. The Balaban J connectivity index is 2.55. The molecule has 2 N–H and O–H groups in total. The third-order valence-corrected chi connectivity index (χ3v) is 3.55. The first-order chi connectivity index (χ1) is 8.19. The van der Waals surface area contributed by atoms with Gasteiger partial charge < -0.3 is 15.2 Å². The van der Waals surface area contributed by atoms with E-state index in [4.69, 9.17) is 26.8 Å². The van der Waals surface area contributed by atoms with E-state index in [2.05, 4.69) is 13.8 Å². The van der Waals surface area contributed by atoms with Crippen molar-refractivity contribution in [3.05, 3.63) is 22.2 Å². The summed E-state index contributed by atoms with van der Waals surface area (Å²) in [6.07, 6.45) is 0.870. The van der Waals surface area contributed by atoms with Crippen molar-refractivity contribution in [3.8, 4) is 11.5 Å². The lowest BCUT2D eigenvalue weighted by atomic mass is 9.93. The van der Waals surface area contributed by atoms with E-state index in [1.54, 1.807) is 0 Å². The van der Waals surface area contributed by atoms with Crippen LogP contribution in [0, 0.1) is 0 Å². The summed E-state index contributed by atoms with van der Waals surface area (Å²) in [4.78, 5) is 0. The van der Waals surface area contributed by atoms with Crippen LogP contribution < -0.4 is 15.2 Å². The number of fused-ring (bicyclic) bond motifs is 1. The summed E-state index contributed by atoms with van der Waals surface area (Å²) in [5.74, 6) is 1.70. The highest BCUT2D eigenvalue weighted by Crippen LogP contribution is 2.43. The minimum atomic E-state index is 0.276. The van der Waals surface area contributed by atoms with Gasteiger partial charge in [0.15, 0.2) is 11.5 Å². The van der Waals surface area contributed by atoms with Crippen molar-refractivity contribution in [2.75, 3.05) is 19.8 Å². The van der Waals surface area contributed by atoms with Gasteiger partial charge in [0, 0.05) is 0 Å². The highest BCUT2D eigenvalue weighted by Gasteiger charge is 2.22. The van der Waals surface area contributed by atoms with Crippen LogP contribution in [0.3, 0.4) is 0 Å². The molecule has 0 fully saturated rings. The van der Waals surface area contributed by atoms with Gasteiger partial charge in [0.05, 0.1) is 5.02 Å². The maximum atomic E-state index is 6.39. The van der Waals surface area contributed by atoms with Gasteiger partial charge in [-0.3, -0.25) is 0 Å². The zero-order chi connectivity index (χ0) is 12.4. The van der Waals surface area contributed by atoms with Gasteiger partial charge in [-0.05, 0) is 36.1 Å². The molecular formula is C13H18ClNO2. The summed E-state index contributed by atoms with van der Waals surface area (Å²) < 4.78 is 11.2. The van der Waals surface area contributed by atoms with Crippen LogP contribution in [0.5, 0.6) is 11.5 Å². The summed E-state index contributed by atoms with van der Waals surface area (Å²) in [6.45, 7) is 5.92. The first-order valence-electron chi connectivity index (χ1n) is 6.00. The lowest BCUT2D eigenvalue weighted by Crippen LogP contribution is -2.18. The van der Waals surface area contributed by atoms with Crippen LogP contribution in [0.25, 0.3) is 0 Å². The van der Waals surface area contributed by atoms with Gasteiger partial charge in [-0.25, -0.2) is 0 Å². The van der Waals surface area contributed by atoms with Gasteiger partial charge in [0.2, 0.25) is 0 Å². The van der Waals surface area contributed by atoms with Crippen molar-refractivity contribution < 1.29 is 9.47 Å². The molecule has 3 nitrogen and oxygen atoms in total. The van der Waals surface area contributed by atoms with Crippen molar-refractivity contribution in [2.24, 2.45) is 5.73 Å². The van der Waals surface area contributed by atoms with Gasteiger partial charge in [-0.1, -0.05) is 25.4 Å². The Labute approximate surface area is 107 Å². The standard InChI is InChI=1S/C13H18ClNO2/c1-3-9-10(8(2)7-15)6-11-13(12(9)14)17-5-4-16-11/h6,8H,3-5,7,15H2,1-2H3. The smallest absolute Gasteiger partial charge is 0.180 e. The van der Waals surface area contributed by atoms with Crippen molar-refractivity contribution in [2.45, 2.75) is 26.2 Å². The van der Waals surface area contributed by atoms with Crippen LogP contribution in [0.4, 0.5) is 0 Å². The highest BCUT2D eigenvalue weighted by atomic mass is 35.5. The van der Waals surface area contributed by atoms with Crippen molar-refractivity contribution >= 4 is 11.6 Å². The number of benzene rings is 1. The molecule has 1 unspecified atom stereocenters. The highest BCUT2D eigenvalue weighted by molar-refractivity contribution is 6.33. The average molecular weight is 256 g/mol. The normalized spacial score (nSPS) is 15.8. The number of rotatable bonds is 3. The fourth-order valence-electron chi connectivity index (χ4n) is 2.13. The van der Waals surface area contributed by atoms with E-state index in [9.17, 15) is 0 Å². The van der Waals surface area contributed by atoms with Crippen LogP contribution in [0.1, 0.15) is 30.9 Å². The molecule has 1 aliphatic heterocycles. The van der Waals surface area contributed by atoms with Crippen molar-refractivity contribution in [1.82, 2.24) is 0 Å². The molecule has 1 aliphatic rings. The van der Waals surface area contributed by atoms with Crippen LogP contribution >= 0.6 is 11.6 Å². The number of halogens is 1. The minimum absolute atomic E-state index is 0.276. The van der Waals surface area contributed by atoms with E-state index in [-0.39, 0.29) is 5.92 Å². The molecular weight excluding hydrogens is 238 g/mol. The molecule has 0 aliphatic carbocycles. The van der Waals surface area contributed by atoms with Crippen LogP contribution in [0.2, 0.25) is 5.02 Å². The lowest BCUT2D eigenvalue weighted by molar-refractivity contribution is 0.171. The molecule has 0 radical (unpaired) electrons. The Morgan fingerprint density at radius 1 is 1.41 bits per heavy atom. The molecule has 0 spiro atoms. The van der Waals surface area contributed by atoms with Gasteiger partial charge in [-0.15, -0.1) is 0 Å². The Hall–Kier alpha value is -0.930. The number of ether oxygens (including phenoxy) is 2. The van der Waals surface area contributed by atoms with E-state index < -0.39 is 0 Å². The third kappa shape index (κ3) is 2.22. The van der Waals surface area contributed by atoms with Crippen LogP contribution in [-0.4, -0.2) is 19.8 Å². The fraction of sp³-hybridized carbons (Fsp3) is 0.538. The maximum absolute atomic E-state index is 6.39. The van der Waals surface area contributed by atoms with Gasteiger partial charge >= 0.3 is 0 Å². The molecule has 1 aromatic rings. The van der Waals surface area contributed by atoms with Crippen LogP contribution in [0.15, 0.2) is 6.07 Å². The number of hydrogen-bond donors (Lipinski definition) is 1. The second-order valence-electron chi connectivity index (χ2n) is 4.27. The summed E-state index contributed by atoms with van der Waals surface area (Å²) in [6, 6.07) is 2.02. The fourth-order valence-corrected chi connectivity index (χ4v) is 2.52. The molecule has 2 rings (SSSR count). The first kappa shape index (κ1) is 12.5.